The molecule has 0 atom stereocenters. The minimum atomic E-state index is -2.92. The van der Waals surface area contributed by atoms with E-state index in [1.807, 2.05) is 12.1 Å². The van der Waals surface area contributed by atoms with Crippen LogP contribution in [-0.4, -0.2) is 20.3 Å². The zero-order chi connectivity index (χ0) is 18.7. The third-order valence-corrected chi connectivity index (χ3v) is 5.19. The van der Waals surface area contributed by atoms with Crippen LogP contribution < -0.4 is 14.8 Å². The van der Waals surface area contributed by atoms with E-state index in [4.69, 9.17) is 4.74 Å². The van der Waals surface area contributed by atoms with Gasteiger partial charge in [0, 0.05) is 18.5 Å². The van der Waals surface area contributed by atoms with Crippen molar-refractivity contribution < 1.29 is 22.6 Å². The Morgan fingerprint density at radius 2 is 1.88 bits per heavy atom. The highest BCUT2D eigenvalue weighted by molar-refractivity contribution is 9.10. The lowest BCUT2D eigenvalue weighted by atomic mass is 9.96. The number of methoxy groups -OCH3 is 1. The molecule has 140 valence electrons. The van der Waals surface area contributed by atoms with Crippen molar-refractivity contribution in [2.45, 2.75) is 31.4 Å². The summed E-state index contributed by atoms with van der Waals surface area (Å²) in [5, 5.41) is 3.40. The third-order valence-electron chi connectivity index (χ3n) is 4.60. The molecule has 3 nitrogen and oxygen atoms in total. The van der Waals surface area contributed by atoms with E-state index in [0.717, 1.165) is 30.5 Å². The summed E-state index contributed by atoms with van der Waals surface area (Å²) in [4.78, 5) is 0. The summed E-state index contributed by atoms with van der Waals surface area (Å²) in [5.74, 6) is -0.00655. The fourth-order valence-electron chi connectivity index (χ4n) is 3.05. The normalized spacial score (nSPS) is 15.2. The van der Waals surface area contributed by atoms with Crippen molar-refractivity contribution in [2.75, 3.05) is 13.7 Å². The average Bonchev–Trinajstić information content (AvgIpc) is 3.38. The van der Waals surface area contributed by atoms with Crippen molar-refractivity contribution in [1.82, 2.24) is 5.32 Å². The maximum absolute atomic E-state index is 13.1. The first-order valence-electron chi connectivity index (χ1n) is 8.21. The van der Waals surface area contributed by atoms with Gasteiger partial charge in [-0.15, -0.1) is 0 Å². The Kier molecular flexibility index (Phi) is 5.77. The predicted octanol–water partition coefficient (Wildman–Crippen LogP) is 5.02. The number of hydrogen-bond acceptors (Lipinski definition) is 3. The van der Waals surface area contributed by atoms with Gasteiger partial charge >= 0.3 is 6.61 Å². The molecule has 1 fully saturated rings. The number of hydrogen-bond donors (Lipinski definition) is 1. The van der Waals surface area contributed by atoms with E-state index in [-0.39, 0.29) is 22.7 Å². The molecule has 26 heavy (non-hydrogen) atoms. The summed E-state index contributed by atoms with van der Waals surface area (Å²) < 4.78 is 48.2. The van der Waals surface area contributed by atoms with Gasteiger partial charge in [0.15, 0.2) is 11.5 Å². The lowest BCUT2D eigenvalue weighted by molar-refractivity contribution is -0.0517. The van der Waals surface area contributed by atoms with Gasteiger partial charge in [0.2, 0.25) is 0 Å². The summed E-state index contributed by atoms with van der Waals surface area (Å²) in [6.07, 6.45) is 2.11. The lowest BCUT2D eigenvalue weighted by Crippen LogP contribution is -2.26. The Balaban J connectivity index is 1.65. The van der Waals surface area contributed by atoms with Crippen LogP contribution in [0.3, 0.4) is 0 Å². The fourth-order valence-corrected chi connectivity index (χ4v) is 3.63. The van der Waals surface area contributed by atoms with Crippen LogP contribution in [0.2, 0.25) is 0 Å². The van der Waals surface area contributed by atoms with Crippen LogP contribution in [0.1, 0.15) is 24.0 Å². The Bertz CT molecular complexity index is 764. The van der Waals surface area contributed by atoms with Crippen LogP contribution in [0.4, 0.5) is 13.2 Å². The molecule has 1 N–H and O–H groups in total. The van der Waals surface area contributed by atoms with Gasteiger partial charge in [-0.3, -0.25) is 0 Å². The maximum Gasteiger partial charge on any atom is 0.387 e. The van der Waals surface area contributed by atoms with E-state index < -0.39 is 6.61 Å². The molecule has 2 aromatic carbocycles. The summed E-state index contributed by atoms with van der Waals surface area (Å²) in [6, 6.07) is 10.0. The largest absolute Gasteiger partial charge is 0.493 e. The zero-order valence-electron chi connectivity index (χ0n) is 14.2. The molecule has 0 spiro atoms. The molecule has 0 heterocycles. The van der Waals surface area contributed by atoms with Crippen LogP contribution in [0.25, 0.3) is 0 Å². The number of alkyl halides is 2. The first-order valence-corrected chi connectivity index (χ1v) is 9.01. The van der Waals surface area contributed by atoms with E-state index in [9.17, 15) is 13.2 Å². The Hall–Kier alpha value is -1.73. The first kappa shape index (κ1) is 19.0. The summed E-state index contributed by atoms with van der Waals surface area (Å²) in [7, 11) is 1.41. The van der Waals surface area contributed by atoms with Crippen LogP contribution >= 0.6 is 15.9 Å². The second kappa shape index (κ2) is 7.88. The number of rotatable bonds is 8. The molecule has 3 rings (SSSR count). The highest BCUT2D eigenvalue weighted by Crippen LogP contribution is 2.47. The molecule has 7 heteroatoms. The second-order valence-corrected chi connectivity index (χ2v) is 7.23. The minimum Gasteiger partial charge on any atom is -0.493 e. The number of benzene rings is 2. The highest BCUT2D eigenvalue weighted by atomic mass is 79.9. The Morgan fingerprint density at radius 1 is 1.19 bits per heavy atom. The third kappa shape index (κ3) is 4.32. The molecule has 0 aliphatic heterocycles. The monoisotopic (exact) mass is 429 g/mol. The molecule has 0 bridgehead atoms. The standard InChI is InChI=1S/C19H19BrF3NO2/c1-25-16-9-12(8-15(20)17(16)26-18(22)23)10-24-11-19(6-7-19)13-2-4-14(21)5-3-13/h2-5,8-9,18,24H,6-7,10-11H2,1H3. The van der Waals surface area contributed by atoms with Crippen LogP contribution in [0, 0.1) is 5.82 Å². The molecule has 0 radical (unpaired) electrons. The van der Waals surface area contributed by atoms with Gasteiger partial charge in [-0.1, -0.05) is 12.1 Å². The topological polar surface area (TPSA) is 30.5 Å². The van der Waals surface area contributed by atoms with Gasteiger partial charge < -0.3 is 14.8 Å². The van der Waals surface area contributed by atoms with E-state index in [0.29, 0.717) is 11.0 Å². The molecule has 1 saturated carbocycles. The lowest BCUT2D eigenvalue weighted by Gasteiger charge is -2.18. The average molecular weight is 430 g/mol. The highest BCUT2D eigenvalue weighted by Gasteiger charge is 2.43. The van der Waals surface area contributed by atoms with Crippen molar-refractivity contribution >= 4 is 15.9 Å². The quantitative estimate of drug-likeness (QED) is 0.638. The molecular formula is C19H19BrF3NO2. The SMILES string of the molecule is COc1cc(CNCC2(c3ccc(F)cc3)CC2)cc(Br)c1OC(F)F. The summed E-state index contributed by atoms with van der Waals surface area (Å²) in [6.45, 7) is -1.62. The van der Waals surface area contributed by atoms with Crippen molar-refractivity contribution in [3.05, 3.63) is 57.8 Å². The molecular weight excluding hydrogens is 411 g/mol. The van der Waals surface area contributed by atoms with E-state index in [2.05, 4.69) is 26.0 Å². The van der Waals surface area contributed by atoms with Gasteiger partial charge in [-0.05, 0) is 64.2 Å². The summed E-state index contributed by atoms with van der Waals surface area (Å²) >= 11 is 3.25. The number of nitrogens with one attached hydrogen (secondary N) is 1. The van der Waals surface area contributed by atoms with E-state index >= 15 is 0 Å². The van der Waals surface area contributed by atoms with Crippen molar-refractivity contribution in [2.24, 2.45) is 0 Å². The molecule has 0 unspecified atom stereocenters. The van der Waals surface area contributed by atoms with Gasteiger partial charge in [-0.25, -0.2) is 4.39 Å². The summed E-state index contributed by atoms with van der Waals surface area (Å²) in [5.41, 5.74) is 2.06. The Labute approximate surface area is 158 Å². The predicted molar refractivity (Wildman–Crippen MR) is 96.3 cm³/mol. The van der Waals surface area contributed by atoms with E-state index in [1.54, 1.807) is 12.1 Å². The zero-order valence-corrected chi connectivity index (χ0v) is 15.8. The van der Waals surface area contributed by atoms with Crippen molar-refractivity contribution in [3.63, 3.8) is 0 Å². The van der Waals surface area contributed by atoms with Gasteiger partial charge in [0.05, 0.1) is 11.6 Å². The molecule has 1 aliphatic rings. The van der Waals surface area contributed by atoms with Gasteiger partial charge in [0.1, 0.15) is 5.82 Å². The molecule has 0 amide bonds. The number of ether oxygens (including phenoxy) is 2. The maximum atomic E-state index is 13.1. The first-order chi connectivity index (χ1) is 12.4. The minimum absolute atomic E-state index is 0.0174. The van der Waals surface area contributed by atoms with Gasteiger partial charge in [0.25, 0.3) is 0 Å². The second-order valence-electron chi connectivity index (χ2n) is 6.38. The Morgan fingerprint density at radius 3 is 2.46 bits per heavy atom. The fraction of sp³-hybridized carbons (Fsp3) is 0.368. The van der Waals surface area contributed by atoms with Crippen molar-refractivity contribution in [3.8, 4) is 11.5 Å². The van der Waals surface area contributed by atoms with Crippen molar-refractivity contribution in [1.29, 1.82) is 0 Å². The van der Waals surface area contributed by atoms with Crippen LogP contribution in [0.5, 0.6) is 11.5 Å². The molecule has 0 saturated heterocycles. The van der Waals surface area contributed by atoms with E-state index in [1.165, 1.54) is 19.2 Å². The van der Waals surface area contributed by atoms with Crippen LogP contribution in [0.15, 0.2) is 40.9 Å². The molecule has 0 aromatic heterocycles. The molecule has 2 aromatic rings. The number of halogens is 4. The molecule has 1 aliphatic carbocycles. The smallest absolute Gasteiger partial charge is 0.387 e. The van der Waals surface area contributed by atoms with Crippen LogP contribution in [-0.2, 0) is 12.0 Å². The van der Waals surface area contributed by atoms with Gasteiger partial charge in [-0.2, -0.15) is 8.78 Å².